The number of aryl methyl sites for hydroxylation is 2. The van der Waals surface area contributed by atoms with Gasteiger partial charge in [-0.15, -0.1) is 0 Å². The minimum absolute atomic E-state index is 0.000414. The Morgan fingerprint density at radius 3 is 2.35 bits per heavy atom. The van der Waals surface area contributed by atoms with Crippen LogP contribution in [0, 0.1) is 13.8 Å². The summed E-state index contributed by atoms with van der Waals surface area (Å²) in [7, 11) is 0. The molecule has 1 fully saturated rings. The van der Waals surface area contributed by atoms with E-state index in [0.29, 0.717) is 6.04 Å². The number of benzene rings is 1. The number of rotatable bonds is 4. The molecule has 1 aromatic rings. The van der Waals surface area contributed by atoms with E-state index in [1.807, 2.05) is 32.0 Å². The highest BCUT2D eigenvalue weighted by atomic mass is 16.5. The van der Waals surface area contributed by atoms with Crippen molar-refractivity contribution in [1.82, 2.24) is 5.32 Å². The van der Waals surface area contributed by atoms with Gasteiger partial charge in [0.15, 0.2) is 6.61 Å². The molecule has 0 aliphatic heterocycles. The lowest BCUT2D eigenvalue weighted by Crippen LogP contribution is -2.37. The van der Waals surface area contributed by atoms with E-state index in [-0.39, 0.29) is 12.5 Å². The van der Waals surface area contributed by atoms with Crippen LogP contribution >= 0.6 is 0 Å². The number of para-hydroxylation sites is 1. The lowest BCUT2D eigenvalue weighted by Gasteiger charge is -2.17. The Kier molecular flexibility index (Phi) is 5.45. The predicted octanol–water partition coefficient (Wildman–Crippen LogP) is 3.52. The number of carbonyl (C=O) groups excluding carboxylic acids is 1. The highest BCUT2D eigenvalue weighted by Gasteiger charge is 2.15. The van der Waals surface area contributed by atoms with Gasteiger partial charge in [-0.3, -0.25) is 4.79 Å². The second-order valence-corrected chi connectivity index (χ2v) is 5.77. The monoisotopic (exact) mass is 275 g/mol. The van der Waals surface area contributed by atoms with Crippen molar-refractivity contribution in [2.45, 2.75) is 58.4 Å². The molecule has 0 heterocycles. The van der Waals surface area contributed by atoms with Crippen LogP contribution in [0.15, 0.2) is 18.2 Å². The van der Waals surface area contributed by atoms with Gasteiger partial charge in [-0.2, -0.15) is 0 Å². The van der Waals surface area contributed by atoms with E-state index >= 15 is 0 Å². The fourth-order valence-electron chi connectivity index (χ4n) is 2.86. The predicted molar refractivity (Wildman–Crippen MR) is 81.0 cm³/mol. The molecule has 0 aromatic heterocycles. The summed E-state index contributed by atoms with van der Waals surface area (Å²) in [5, 5.41) is 3.10. The first-order valence-electron chi connectivity index (χ1n) is 7.65. The second kappa shape index (κ2) is 7.32. The maximum Gasteiger partial charge on any atom is 0.258 e. The molecular formula is C17H25NO2. The first kappa shape index (κ1) is 14.9. The summed E-state index contributed by atoms with van der Waals surface area (Å²) in [5.41, 5.74) is 2.15. The van der Waals surface area contributed by atoms with Crippen LogP contribution in [0.5, 0.6) is 5.75 Å². The largest absolute Gasteiger partial charge is 0.483 e. The van der Waals surface area contributed by atoms with Gasteiger partial charge in [0.25, 0.3) is 5.91 Å². The van der Waals surface area contributed by atoms with Gasteiger partial charge in [-0.05, 0) is 37.8 Å². The Hall–Kier alpha value is -1.51. The van der Waals surface area contributed by atoms with E-state index in [4.69, 9.17) is 4.74 Å². The quantitative estimate of drug-likeness (QED) is 0.854. The Labute approximate surface area is 121 Å². The molecule has 1 aliphatic carbocycles. The van der Waals surface area contributed by atoms with Gasteiger partial charge < -0.3 is 10.1 Å². The van der Waals surface area contributed by atoms with Gasteiger partial charge in [-0.25, -0.2) is 0 Å². The number of amides is 1. The molecule has 0 atom stereocenters. The third-order valence-electron chi connectivity index (χ3n) is 3.98. The molecule has 1 saturated carbocycles. The molecule has 0 radical (unpaired) electrons. The summed E-state index contributed by atoms with van der Waals surface area (Å²) >= 11 is 0. The SMILES string of the molecule is Cc1cccc(C)c1OCC(=O)NC1CCCCCC1. The Balaban J connectivity index is 1.82. The van der Waals surface area contributed by atoms with Gasteiger partial charge in [0.1, 0.15) is 5.75 Å². The van der Waals surface area contributed by atoms with Crippen LogP contribution in [0.2, 0.25) is 0 Å². The molecule has 3 nitrogen and oxygen atoms in total. The van der Waals surface area contributed by atoms with E-state index in [1.165, 1.54) is 25.7 Å². The van der Waals surface area contributed by atoms with Crippen molar-refractivity contribution in [3.63, 3.8) is 0 Å². The normalized spacial score (nSPS) is 16.5. The van der Waals surface area contributed by atoms with Gasteiger partial charge in [0.05, 0.1) is 0 Å². The van der Waals surface area contributed by atoms with Crippen molar-refractivity contribution in [3.05, 3.63) is 29.3 Å². The summed E-state index contributed by atoms with van der Waals surface area (Å²) in [4.78, 5) is 12.0. The van der Waals surface area contributed by atoms with E-state index in [1.54, 1.807) is 0 Å². The van der Waals surface area contributed by atoms with Gasteiger partial charge in [0, 0.05) is 6.04 Å². The minimum atomic E-state index is -0.000414. The van der Waals surface area contributed by atoms with Crippen molar-refractivity contribution in [2.24, 2.45) is 0 Å². The topological polar surface area (TPSA) is 38.3 Å². The molecule has 0 spiro atoms. The third-order valence-corrected chi connectivity index (χ3v) is 3.98. The highest BCUT2D eigenvalue weighted by Crippen LogP contribution is 2.22. The molecule has 20 heavy (non-hydrogen) atoms. The van der Waals surface area contributed by atoms with Crippen molar-refractivity contribution >= 4 is 5.91 Å². The number of nitrogens with one attached hydrogen (secondary N) is 1. The fourth-order valence-corrected chi connectivity index (χ4v) is 2.86. The van der Waals surface area contributed by atoms with Crippen molar-refractivity contribution in [1.29, 1.82) is 0 Å². The third kappa shape index (κ3) is 4.26. The van der Waals surface area contributed by atoms with Crippen molar-refractivity contribution < 1.29 is 9.53 Å². The Morgan fingerprint density at radius 1 is 1.15 bits per heavy atom. The standard InChI is InChI=1S/C17H25NO2/c1-13-8-7-9-14(2)17(13)20-12-16(19)18-15-10-5-3-4-6-11-15/h7-9,15H,3-6,10-12H2,1-2H3,(H,18,19). The van der Waals surface area contributed by atoms with Crippen LogP contribution < -0.4 is 10.1 Å². The lowest BCUT2D eigenvalue weighted by molar-refractivity contribution is -0.123. The summed E-state index contributed by atoms with van der Waals surface area (Å²) in [6.45, 7) is 4.12. The average molecular weight is 275 g/mol. The number of hydrogen-bond acceptors (Lipinski definition) is 2. The molecule has 0 bridgehead atoms. The second-order valence-electron chi connectivity index (χ2n) is 5.77. The van der Waals surface area contributed by atoms with Gasteiger partial charge >= 0.3 is 0 Å². The summed E-state index contributed by atoms with van der Waals surface area (Å²) in [6.07, 6.45) is 7.26. The molecule has 1 N–H and O–H groups in total. The van der Waals surface area contributed by atoms with E-state index in [0.717, 1.165) is 29.7 Å². The Morgan fingerprint density at radius 2 is 1.75 bits per heavy atom. The van der Waals surface area contributed by atoms with Crippen molar-refractivity contribution in [2.75, 3.05) is 6.61 Å². The minimum Gasteiger partial charge on any atom is -0.483 e. The van der Waals surface area contributed by atoms with E-state index in [2.05, 4.69) is 5.32 Å². The summed E-state index contributed by atoms with van der Waals surface area (Å²) in [5.74, 6) is 0.836. The zero-order chi connectivity index (χ0) is 14.4. The van der Waals surface area contributed by atoms with E-state index in [9.17, 15) is 4.79 Å². The van der Waals surface area contributed by atoms with Crippen molar-refractivity contribution in [3.8, 4) is 5.75 Å². The molecule has 2 rings (SSSR count). The van der Waals surface area contributed by atoms with Crippen LogP contribution in [0.3, 0.4) is 0 Å². The summed E-state index contributed by atoms with van der Waals surface area (Å²) in [6, 6.07) is 6.35. The average Bonchev–Trinajstić information content (AvgIpc) is 2.67. The lowest BCUT2D eigenvalue weighted by atomic mass is 10.1. The van der Waals surface area contributed by atoms with Crippen LogP contribution in [0.4, 0.5) is 0 Å². The van der Waals surface area contributed by atoms with Gasteiger partial charge in [0.2, 0.25) is 0 Å². The fraction of sp³-hybridized carbons (Fsp3) is 0.588. The highest BCUT2D eigenvalue weighted by molar-refractivity contribution is 5.77. The van der Waals surface area contributed by atoms with Crippen LogP contribution in [-0.4, -0.2) is 18.6 Å². The summed E-state index contributed by atoms with van der Waals surface area (Å²) < 4.78 is 5.69. The molecule has 1 amide bonds. The van der Waals surface area contributed by atoms with Crippen LogP contribution in [0.1, 0.15) is 49.7 Å². The van der Waals surface area contributed by atoms with Crippen LogP contribution in [-0.2, 0) is 4.79 Å². The first-order valence-corrected chi connectivity index (χ1v) is 7.65. The smallest absolute Gasteiger partial charge is 0.258 e. The van der Waals surface area contributed by atoms with Crippen LogP contribution in [0.25, 0.3) is 0 Å². The maximum absolute atomic E-state index is 12.0. The number of ether oxygens (including phenoxy) is 1. The molecule has 0 unspecified atom stereocenters. The zero-order valence-electron chi connectivity index (χ0n) is 12.6. The number of carbonyl (C=O) groups is 1. The van der Waals surface area contributed by atoms with Gasteiger partial charge in [-0.1, -0.05) is 43.9 Å². The molecule has 110 valence electrons. The number of hydrogen-bond donors (Lipinski definition) is 1. The Bertz CT molecular complexity index is 428. The molecule has 0 saturated heterocycles. The zero-order valence-corrected chi connectivity index (χ0v) is 12.6. The maximum atomic E-state index is 12.0. The van der Waals surface area contributed by atoms with E-state index < -0.39 is 0 Å². The molecule has 3 heteroatoms. The molecular weight excluding hydrogens is 250 g/mol. The molecule has 1 aliphatic rings. The molecule has 1 aromatic carbocycles. The first-order chi connectivity index (χ1) is 9.66.